The molecule has 0 fully saturated rings. The van der Waals surface area contributed by atoms with Crippen molar-refractivity contribution in [3.8, 4) is 0 Å². The Balaban J connectivity index is 2.29. The van der Waals surface area contributed by atoms with Crippen LogP contribution >= 0.6 is 0 Å². The minimum atomic E-state index is -4.34. The van der Waals surface area contributed by atoms with Crippen molar-refractivity contribution in [3.63, 3.8) is 0 Å². The first-order valence-electron chi connectivity index (χ1n) is 6.48. The van der Waals surface area contributed by atoms with E-state index in [0.717, 1.165) is 12.0 Å². The summed E-state index contributed by atoms with van der Waals surface area (Å²) in [7, 11) is 0. The second-order valence-electron chi connectivity index (χ2n) is 4.58. The van der Waals surface area contributed by atoms with E-state index in [4.69, 9.17) is 0 Å². The Labute approximate surface area is 116 Å². The summed E-state index contributed by atoms with van der Waals surface area (Å²) in [6, 6.07) is 13.3. The van der Waals surface area contributed by atoms with Crippen molar-refractivity contribution >= 4 is 5.69 Å². The molecular weight excluding hydrogens is 263 g/mol. The van der Waals surface area contributed by atoms with Gasteiger partial charge in [-0.15, -0.1) is 0 Å². The Morgan fingerprint density at radius 1 is 1.00 bits per heavy atom. The van der Waals surface area contributed by atoms with Gasteiger partial charge in [0.25, 0.3) is 0 Å². The molecule has 0 spiro atoms. The number of aryl methyl sites for hydroxylation is 1. The predicted octanol–water partition coefficient (Wildman–Crippen LogP) is 4.96. The number of hydrogen-bond acceptors (Lipinski definition) is 1. The zero-order valence-electron chi connectivity index (χ0n) is 11.1. The quantitative estimate of drug-likeness (QED) is 0.833. The van der Waals surface area contributed by atoms with Gasteiger partial charge >= 0.3 is 6.18 Å². The lowest BCUT2D eigenvalue weighted by molar-refractivity contribution is -0.144. The van der Waals surface area contributed by atoms with E-state index in [0.29, 0.717) is 5.69 Å². The Hall–Kier alpha value is -1.97. The van der Waals surface area contributed by atoms with E-state index in [-0.39, 0.29) is 5.56 Å². The number of alkyl halides is 3. The molecule has 0 aromatic heterocycles. The van der Waals surface area contributed by atoms with Crippen LogP contribution < -0.4 is 5.32 Å². The van der Waals surface area contributed by atoms with Gasteiger partial charge in [0, 0.05) is 5.69 Å². The third-order valence-corrected chi connectivity index (χ3v) is 3.11. The van der Waals surface area contributed by atoms with Crippen LogP contribution in [0.15, 0.2) is 54.6 Å². The fraction of sp³-hybridized carbons (Fsp3) is 0.250. The van der Waals surface area contributed by atoms with Crippen LogP contribution in [0.25, 0.3) is 0 Å². The van der Waals surface area contributed by atoms with Crippen molar-refractivity contribution in [2.45, 2.75) is 25.6 Å². The topological polar surface area (TPSA) is 12.0 Å². The van der Waals surface area contributed by atoms with Crippen LogP contribution in [-0.4, -0.2) is 6.18 Å². The molecule has 2 aromatic carbocycles. The van der Waals surface area contributed by atoms with Crippen LogP contribution in [0.3, 0.4) is 0 Å². The van der Waals surface area contributed by atoms with Gasteiger partial charge in [-0.25, -0.2) is 0 Å². The second-order valence-corrected chi connectivity index (χ2v) is 4.58. The predicted molar refractivity (Wildman–Crippen MR) is 74.7 cm³/mol. The van der Waals surface area contributed by atoms with Crippen LogP contribution in [0.2, 0.25) is 0 Å². The van der Waals surface area contributed by atoms with E-state index >= 15 is 0 Å². The van der Waals surface area contributed by atoms with Crippen molar-refractivity contribution in [2.75, 3.05) is 5.32 Å². The van der Waals surface area contributed by atoms with Gasteiger partial charge in [0.1, 0.15) is 6.04 Å². The van der Waals surface area contributed by atoms with E-state index in [1.807, 2.05) is 13.0 Å². The molecule has 2 aromatic rings. The SMILES string of the molecule is CCc1cccc(NC(c2ccccc2)C(F)(F)F)c1. The lowest BCUT2D eigenvalue weighted by atomic mass is 10.1. The summed E-state index contributed by atoms with van der Waals surface area (Å²) in [6.45, 7) is 1.97. The van der Waals surface area contributed by atoms with E-state index in [2.05, 4.69) is 5.32 Å². The van der Waals surface area contributed by atoms with Gasteiger partial charge in [-0.2, -0.15) is 13.2 Å². The van der Waals surface area contributed by atoms with Crippen molar-refractivity contribution < 1.29 is 13.2 Å². The third-order valence-electron chi connectivity index (χ3n) is 3.11. The Kier molecular flexibility index (Phi) is 4.32. The van der Waals surface area contributed by atoms with Gasteiger partial charge in [-0.1, -0.05) is 49.4 Å². The molecule has 0 radical (unpaired) electrons. The monoisotopic (exact) mass is 279 g/mol. The average Bonchev–Trinajstić information content (AvgIpc) is 2.45. The van der Waals surface area contributed by atoms with E-state index < -0.39 is 12.2 Å². The molecule has 1 nitrogen and oxygen atoms in total. The third kappa shape index (κ3) is 3.53. The molecule has 1 unspecified atom stereocenters. The minimum absolute atomic E-state index is 0.210. The lowest BCUT2D eigenvalue weighted by Gasteiger charge is -2.23. The summed E-state index contributed by atoms with van der Waals surface area (Å²) >= 11 is 0. The largest absolute Gasteiger partial charge is 0.412 e. The highest BCUT2D eigenvalue weighted by atomic mass is 19.4. The summed E-state index contributed by atoms with van der Waals surface area (Å²) < 4.78 is 39.6. The Morgan fingerprint density at radius 3 is 2.30 bits per heavy atom. The molecule has 20 heavy (non-hydrogen) atoms. The molecule has 0 aliphatic rings. The molecule has 2 rings (SSSR count). The molecule has 0 saturated carbocycles. The van der Waals surface area contributed by atoms with Gasteiger partial charge in [0.05, 0.1) is 0 Å². The Morgan fingerprint density at radius 2 is 1.70 bits per heavy atom. The smallest absolute Gasteiger partial charge is 0.370 e. The number of rotatable bonds is 4. The van der Waals surface area contributed by atoms with Crippen LogP contribution in [0.5, 0.6) is 0 Å². The molecule has 0 heterocycles. The van der Waals surface area contributed by atoms with Crippen molar-refractivity contribution in [1.82, 2.24) is 0 Å². The van der Waals surface area contributed by atoms with Crippen molar-refractivity contribution in [1.29, 1.82) is 0 Å². The van der Waals surface area contributed by atoms with E-state index in [1.54, 1.807) is 36.4 Å². The maximum Gasteiger partial charge on any atom is 0.412 e. The van der Waals surface area contributed by atoms with E-state index in [1.165, 1.54) is 12.1 Å². The molecule has 0 aliphatic heterocycles. The zero-order chi connectivity index (χ0) is 14.6. The standard InChI is InChI=1S/C16H16F3N/c1-2-12-7-6-10-14(11-12)20-15(16(17,18)19)13-8-4-3-5-9-13/h3-11,15,20H,2H2,1H3. The van der Waals surface area contributed by atoms with Gasteiger partial charge < -0.3 is 5.32 Å². The molecule has 1 atom stereocenters. The van der Waals surface area contributed by atoms with Crippen LogP contribution in [0.4, 0.5) is 18.9 Å². The first-order chi connectivity index (χ1) is 9.50. The molecule has 4 heteroatoms. The zero-order valence-corrected chi connectivity index (χ0v) is 11.1. The van der Waals surface area contributed by atoms with Gasteiger partial charge in [0.15, 0.2) is 0 Å². The van der Waals surface area contributed by atoms with Crippen molar-refractivity contribution in [3.05, 3.63) is 65.7 Å². The summed E-state index contributed by atoms with van der Waals surface area (Å²) in [5.41, 5.74) is 1.70. The molecule has 106 valence electrons. The molecule has 0 amide bonds. The lowest BCUT2D eigenvalue weighted by Crippen LogP contribution is -2.27. The highest BCUT2D eigenvalue weighted by Crippen LogP contribution is 2.35. The van der Waals surface area contributed by atoms with Crippen LogP contribution in [0.1, 0.15) is 24.1 Å². The molecule has 1 N–H and O–H groups in total. The summed E-state index contributed by atoms with van der Waals surface area (Å²) in [5, 5.41) is 2.58. The summed E-state index contributed by atoms with van der Waals surface area (Å²) in [5.74, 6) is 0. The molecular formula is C16H16F3N. The van der Waals surface area contributed by atoms with E-state index in [9.17, 15) is 13.2 Å². The first kappa shape index (κ1) is 14.4. The normalized spacial score (nSPS) is 13.0. The fourth-order valence-electron chi connectivity index (χ4n) is 2.05. The molecule has 0 bridgehead atoms. The maximum atomic E-state index is 13.2. The molecule has 0 saturated heterocycles. The second kappa shape index (κ2) is 5.99. The highest BCUT2D eigenvalue weighted by Gasteiger charge is 2.40. The number of benzene rings is 2. The number of halogens is 3. The summed E-state index contributed by atoms with van der Waals surface area (Å²) in [6.07, 6.45) is -3.55. The first-order valence-corrected chi connectivity index (χ1v) is 6.48. The highest BCUT2D eigenvalue weighted by molar-refractivity contribution is 5.48. The summed E-state index contributed by atoms with van der Waals surface area (Å²) in [4.78, 5) is 0. The number of nitrogens with one attached hydrogen (secondary N) is 1. The minimum Gasteiger partial charge on any atom is -0.370 e. The number of anilines is 1. The fourth-order valence-corrected chi connectivity index (χ4v) is 2.05. The maximum absolute atomic E-state index is 13.2. The van der Waals surface area contributed by atoms with Crippen LogP contribution in [0, 0.1) is 0 Å². The molecule has 0 aliphatic carbocycles. The van der Waals surface area contributed by atoms with Crippen LogP contribution in [-0.2, 0) is 6.42 Å². The van der Waals surface area contributed by atoms with Gasteiger partial charge in [-0.05, 0) is 29.7 Å². The average molecular weight is 279 g/mol. The Bertz CT molecular complexity index is 549. The van der Waals surface area contributed by atoms with Gasteiger partial charge in [0.2, 0.25) is 0 Å². The number of hydrogen-bond donors (Lipinski definition) is 1. The van der Waals surface area contributed by atoms with Crippen molar-refractivity contribution in [2.24, 2.45) is 0 Å². The van der Waals surface area contributed by atoms with Gasteiger partial charge in [-0.3, -0.25) is 0 Å².